The van der Waals surface area contributed by atoms with Gasteiger partial charge in [-0.15, -0.1) is 0 Å². The van der Waals surface area contributed by atoms with Crippen molar-refractivity contribution in [3.8, 4) is 0 Å². The Hall–Kier alpha value is -1.65. The van der Waals surface area contributed by atoms with Gasteiger partial charge in [0, 0.05) is 18.3 Å². The third kappa shape index (κ3) is 8.43. The highest BCUT2D eigenvalue weighted by molar-refractivity contribution is 5.70. The van der Waals surface area contributed by atoms with Gasteiger partial charge in [-0.2, -0.15) is 0 Å². The SMILES string of the molecule is CCCCC/C=C\C/C=C\CCCCCCCC(=O)O[C@H]1C2=C3CC[C@H]([C@H](C)C=C[C@H](C)C(C)C)[C@@]3(C)CC[C@@H]2[C@@]2(C)CC[C@H](O)C[C@@]23O[C@@H]13. The van der Waals surface area contributed by atoms with Gasteiger partial charge in [0.05, 0.1) is 6.10 Å². The van der Waals surface area contributed by atoms with Crippen LogP contribution < -0.4 is 0 Å². The molecular formula is C46H74O4. The Balaban J connectivity index is 1.18. The summed E-state index contributed by atoms with van der Waals surface area (Å²) in [5.74, 6) is 2.69. The van der Waals surface area contributed by atoms with Gasteiger partial charge in [-0.25, -0.2) is 0 Å². The number of aliphatic hydroxyl groups is 1. The Morgan fingerprint density at radius 3 is 2.32 bits per heavy atom. The minimum absolute atomic E-state index is 0.0000950. The highest BCUT2D eigenvalue weighted by Crippen LogP contribution is 2.73. The van der Waals surface area contributed by atoms with Gasteiger partial charge in [0.1, 0.15) is 11.7 Å². The van der Waals surface area contributed by atoms with E-state index in [9.17, 15) is 9.90 Å². The first-order chi connectivity index (χ1) is 24.0. The molecule has 1 heterocycles. The van der Waals surface area contributed by atoms with E-state index in [0.29, 0.717) is 42.4 Å². The third-order valence-corrected chi connectivity index (χ3v) is 14.5. The molecule has 0 unspecified atom stereocenters. The molecule has 50 heavy (non-hydrogen) atoms. The van der Waals surface area contributed by atoms with Gasteiger partial charge in [-0.1, -0.05) is 123 Å². The minimum atomic E-state index is -0.349. The Bertz CT molecular complexity index is 1240. The van der Waals surface area contributed by atoms with Crippen LogP contribution in [0.25, 0.3) is 0 Å². The zero-order valence-corrected chi connectivity index (χ0v) is 33.2. The van der Waals surface area contributed by atoms with Crippen LogP contribution >= 0.6 is 0 Å². The first kappa shape index (κ1) is 39.6. The summed E-state index contributed by atoms with van der Waals surface area (Å²) in [4.78, 5) is 13.6. The van der Waals surface area contributed by atoms with Gasteiger partial charge in [0.15, 0.2) is 6.10 Å². The summed E-state index contributed by atoms with van der Waals surface area (Å²) in [5, 5.41) is 10.8. The molecule has 1 saturated heterocycles. The van der Waals surface area contributed by atoms with Crippen molar-refractivity contribution in [2.24, 2.45) is 40.4 Å². The Morgan fingerprint density at radius 2 is 1.60 bits per heavy atom. The second-order valence-electron chi connectivity index (χ2n) is 18.1. The number of carbonyl (C=O) groups excluding carboxylic acids is 1. The van der Waals surface area contributed by atoms with Gasteiger partial charge in [0.2, 0.25) is 0 Å². The lowest BCUT2D eigenvalue weighted by atomic mass is 9.48. The first-order valence-corrected chi connectivity index (χ1v) is 21.3. The second-order valence-corrected chi connectivity index (χ2v) is 18.1. The van der Waals surface area contributed by atoms with E-state index < -0.39 is 0 Å². The molecule has 1 aliphatic heterocycles. The number of hydrogen-bond acceptors (Lipinski definition) is 4. The van der Waals surface area contributed by atoms with Crippen LogP contribution in [0.4, 0.5) is 0 Å². The van der Waals surface area contributed by atoms with E-state index in [4.69, 9.17) is 9.47 Å². The highest BCUT2D eigenvalue weighted by atomic mass is 16.6. The topological polar surface area (TPSA) is 59.1 Å². The molecule has 5 rings (SSSR count). The lowest BCUT2D eigenvalue weighted by Crippen LogP contribution is -2.58. The molecule has 5 aliphatic rings. The van der Waals surface area contributed by atoms with Crippen molar-refractivity contribution in [1.82, 2.24) is 0 Å². The normalized spacial score (nSPS) is 36.1. The first-order valence-electron chi connectivity index (χ1n) is 21.3. The molecule has 4 heteroatoms. The Kier molecular flexibility index (Phi) is 13.8. The van der Waals surface area contributed by atoms with E-state index in [-0.39, 0.29) is 40.7 Å². The predicted molar refractivity (Wildman–Crippen MR) is 208 cm³/mol. The lowest BCUT2D eigenvalue weighted by molar-refractivity contribution is -0.150. The maximum atomic E-state index is 13.6. The van der Waals surface area contributed by atoms with Crippen LogP contribution in [0.1, 0.15) is 170 Å². The number of hydrogen-bond donors (Lipinski definition) is 1. The minimum Gasteiger partial charge on any atom is -0.455 e. The van der Waals surface area contributed by atoms with Crippen molar-refractivity contribution in [1.29, 1.82) is 0 Å². The van der Waals surface area contributed by atoms with Crippen LogP contribution in [0.3, 0.4) is 0 Å². The number of allylic oxidation sites excluding steroid dienone is 7. The average molecular weight is 691 g/mol. The Morgan fingerprint density at radius 1 is 0.900 bits per heavy atom. The van der Waals surface area contributed by atoms with Crippen molar-refractivity contribution in [2.75, 3.05) is 0 Å². The maximum absolute atomic E-state index is 13.6. The van der Waals surface area contributed by atoms with E-state index in [1.807, 2.05) is 0 Å². The summed E-state index contributed by atoms with van der Waals surface area (Å²) in [6.07, 6.45) is 34.1. The van der Waals surface area contributed by atoms with Crippen LogP contribution in [0, 0.1) is 40.4 Å². The quantitative estimate of drug-likeness (QED) is 0.0634. The van der Waals surface area contributed by atoms with E-state index >= 15 is 0 Å². The summed E-state index contributed by atoms with van der Waals surface area (Å²) >= 11 is 0. The summed E-state index contributed by atoms with van der Waals surface area (Å²) in [7, 11) is 0. The number of fused-ring (bicyclic) bond motifs is 3. The molecule has 4 fully saturated rings. The van der Waals surface area contributed by atoms with Crippen molar-refractivity contribution < 1.29 is 19.4 Å². The number of ether oxygens (including phenoxy) is 2. The molecule has 0 bridgehead atoms. The smallest absolute Gasteiger partial charge is 0.306 e. The average Bonchev–Trinajstić information content (AvgIpc) is 3.70. The molecule has 0 radical (unpaired) electrons. The van der Waals surface area contributed by atoms with Crippen molar-refractivity contribution >= 4 is 5.97 Å². The van der Waals surface area contributed by atoms with E-state index in [2.05, 4.69) is 84.9 Å². The van der Waals surface area contributed by atoms with Gasteiger partial charge in [-0.05, 0) is 118 Å². The molecule has 10 atom stereocenters. The van der Waals surface area contributed by atoms with E-state index in [1.165, 1.54) is 63.4 Å². The van der Waals surface area contributed by atoms with Crippen LogP contribution in [0.2, 0.25) is 0 Å². The van der Waals surface area contributed by atoms with Gasteiger partial charge in [-0.3, -0.25) is 4.79 Å². The number of unbranched alkanes of at least 4 members (excludes halogenated alkanes) is 8. The van der Waals surface area contributed by atoms with Gasteiger partial charge in [0.25, 0.3) is 0 Å². The lowest BCUT2D eigenvalue weighted by Gasteiger charge is -2.56. The fourth-order valence-electron chi connectivity index (χ4n) is 10.9. The van der Waals surface area contributed by atoms with Crippen molar-refractivity contribution in [2.45, 2.75) is 194 Å². The highest BCUT2D eigenvalue weighted by Gasteiger charge is 2.78. The molecule has 3 saturated carbocycles. The largest absolute Gasteiger partial charge is 0.455 e. The van der Waals surface area contributed by atoms with Crippen LogP contribution in [0.15, 0.2) is 47.6 Å². The number of esters is 1. The van der Waals surface area contributed by atoms with Crippen LogP contribution in [0.5, 0.6) is 0 Å². The molecule has 1 spiro atoms. The van der Waals surface area contributed by atoms with E-state index in [0.717, 1.165) is 51.4 Å². The zero-order chi connectivity index (χ0) is 35.9. The molecule has 282 valence electrons. The molecule has 0 amide bonds. The summed E-state index contributed by atoms with van der Waals surface area (Å²) in [6, 6.07) is 0. The number of rotatable bonds is 19. The van der Waals surface area contributed by atoms with Crippen molar-refractivity contribution in [3.63, 3.8) is 0 Å². The standard InChI is InChI=1S/C46H74O4/c1-8-9-10-11-12-13-14-15-16-17-18-19-20-21-22-23-40(48)49-42-41-38-27-26-37(35(5)25-24-34(4)33(2)3)44(38,6)30-29-39(41)45(7)31-28-36(47)32-46(45)43(42)50-46/h12-13,15-16,24-25,33-37,39,42-43,47H,8-11,14,17-23,26-32H2,1-7H3/b13-12-,16-15-,25-24?/t34-,35+,36-,37+,39-,42-,43-,44+,45+,46-/m0/s1. The third-order valence-electron chi connectivity index (χ3n) is 14.5. The zero-order valence-electron chi connectivity index (χ0n) is 33.2. The summed E-state index contributed by atoms with van der Waals surface area (Å²) in [6.45, 7) is 16.6. The fraction of sp³-hybridized carbons (Fsp3) is 0.804. The van der Waals surface area contributed by atoms with Crippen LogP contribution in [-0.2, 0) is 14.3 Å². The second kappa shape index (κ2) is 17.5. The van der Waals surface area contributed by atoms with Crippen LogP contribution in [-0.4, -0.2) is 35.0 Å². The number of aliphatic hydroxyl groups excluding tert-OH is 1. The van der Waals surface area contributed by atoms with E-state index in [1.54, 1.807) is 5.57 Å². The molecule has 4 aliphatic carbocycles. The predicted octanol–water partition coefficient (Wildman–Crippen LogP) is 12.0. The molecule has 0 aromatic carbocycles. The summed E-state index contributed by atoms with van der Waals surface area (Å²) in [5.41, 5.74) is 2.83. The molecule has 1 N–H and O–H groups in total. The van der Waals surface area contributed by atoms with Gasteiger partial charge >= 0.3 is 5.97 Å². The number of carbonyl (C=O) groups is 1. The molecular weight excluding hydrogens is 617 g/mol. The monoisotopic (exact) mass is 691 g/mol. The number of epoxide rings is 1. The molecule has 0 aromatic heterocycles. The summed E-state index contributed by atoms with van der Waals surface area (Å²) < 4.78 is 13.3. The molecule has 4 nitrogen and oxygen atoms in total. The maximum Gasteiger partial charge on any atom is 0.306 e. The van der Waals surface area contributed by atoms with Gasteiger partial charge < -0.3 is 14.6 Å². The van der Waals surface area contributed by atoms with Crippen molar-refractivity contribution in [3.05, 3.63) is 47.6 Å². The fourth-order valence-corrected chi connectivity index (χ4v) is 10.9. The molecule has 0 aromatic rings. The Labute approximate surface area is 307 Å².